The van der Waals surface area contributed by atoms with Gasteiger partial charge in [0, 0.05) is 35.2 Å². The number of aryl methyl sites for hydroxylation is 1. The summed E-state index contributed by atoms with van der Waals surface area (Å²) in [6.45, 7) is 2.68. The second-order valence-electron chi connectivity index (χ2n) is 10.7. The third kappa shape index (κ3) is 6.02. The van der Waals surface area contributed by atoms with Crippen LogP contribution in [0.3, 0.4) is 0 Å². The molecule has 1 aliphatic heterocycles. The van der Waals surface area contributed by atoms with E-state index in [2.05, 4.69) is 17.1 Å². The van der Waals surface area contributed by atoms with E-state index < -0.39 is 6.10 Å². The van der Waals surface area contributed by atoms with Gasteiger partial charge in [-0.25, -0.2) is 4.98 Å². The zero-order chi connectivity index (χ0) is 25.8. The molecule has 5 rings (SSSR count). The minimum atomic E-state index is -0.497. The number of aromatic nitrogens is 1. The Morgan fingerprint density at radius 3 is 2.51 bits per heavy atom. The number of aliphatic hydroxyl groups excluding tert-OH is 1. The van der Waals surface area contributed by atoms with E-state index in [1.165, 1.54) is 0 Å². The average molecular weight is 517 g/mol. The van der Waals surface area contributed by atoms with Gasteiger partial charge in [0.25, 0.3) is 5.91 Å². The number of ketones is 1. The fourth-order valence-electron chi connectivity index (χ4n) is 6.05. The fraction of sp³-hybridized carbons (Fsp3) is 0.452. The SMILES string of the molecule is Cc1csc([C@H]2CCCN2C(=O)c2cccc(C(=O)C[C@@H](Cc3ccccc3)[C@H](O)C3CCCC3)c2)n1. The molecular weight excluding hydrogens is 480 g/mol. The number of carbonyl (C=O) groups excluding carboxylic acids is 2. The molecule has 1 aromatic heterocycles. The Morgan fingerprint density at radius 1 is 1.03 bits per heavy atom. The van der Waals surface area contributed by atoms with Gasteiger partial charge in [0.2, 0.25) is 0 Å². The number of nitrogens with zero attached hydrogens (tertiary/aromatic N) is 2. The number of likely N-dealkylation sites (tertiary alicyclic amines) is 1. The van der Waals surface area contributed by atoms with Crippen LogP contribution in [-0.2, 0) is 6.42 Å². The summed E-state index contributed by atoms with van der Waals surface area (Å²) < 4.78 is 0. The molecule has 0 bridgehead atoms. The van der Waals surface area contributed by atoms with Crippen molar-refractivity contribution in [2.75, 3.05) is 6.54 Å². The van der Waals surface area contributed by atoms with Crippen LogP contribution in [0, 0.1) is 18.8 Å². The highest BCUT2D eigenvalue weighted by atomic mass is 32.1. The lowest BCUT2D eigenvalue weighted by Gasteiger charge is -2.27. The number of aliphatic hydroxyl groups is 1. The van der Waals surface area contributed by atoms with Crippen molar-refractivity contribution in [2.24, 2.45) is 11.8 Å². The molecule has 1 saturated carbocycles. The highest BCUT2D eigenvalue weighted by molar-refractivity contribution is 7.09. The Kier molecular flexibility index (Phi) is 8.16. The summed E-state index contributed by atoms with van der Waals surface area (Å²) in [5, 5.41) is 14.3. The van der Waals surface area contributed by atoms with Crippen LogP contribution in [0.2, 0.25) is 0 Å². The third-order valence-electron chi connectivity index (χ3n) is 8.02. The summed E-state index contributed by atoms with van der Waals surface area (Å²) in [5.41, 5.74) is 3.21. The van der Waals surface area contributed by atoms with E-state index in [9.17, 15) is 14.7 Å². The van der Waals surface area contributed by atoms with Crippen molar-refractivity contribution in [3.8, 4) is 0 Å². The van der Waals surface area contributed by atoms with Gasteiger partial charge in [0.15, 0.2) is 5.78 Å². The first kappa shape index (κ1) is 25.8. The van der Waals surface area contributed by atoms with Crippen molar-refractivity contribution in [1.82, 2.24) is 9.88 Å². The number of carbonyl (C=O) groups is 2. The van der Waals surface area contributed by atoms with Crippen LogP contribution in [0.1, 0.15) is 88.0 Å². The van der Waals surface area contributed by atoms with Crippen molar-refractivity contribution >= 4 is 23.0 Å². The summed E-state index contributed by atoms with van der Waals surface area (Å²) in [5.74, 6) is 0.0578. The third-order valence-corrected chi connectivity index (χ3v) is 9.08. The average Bonchev–Trinajstić information content (AvgIpc) is 3.70. The Labute approximate surface area is 223 Å². The molecule has 1 N–H and O–H groups in total. The molecule has 5 nitrogen and oxygen atoms in total. The minimum Gasteiger partial charge on any atom is -0.393 e. The molecule has 194 valence electrons. The van der Waals surface area contributed by atoms with Gasteiger partial charge in [-0.3, -0.25) is 9.59 Å². The van der Waals surface area contributed by atoms with Crippen LogP contribution in [0.5, 0.6) is 0 Å². The van der Waals surface area contributed by atoms with Crippen molar-refractivity contribution in [1.29, 1.82) is 0 Å². The van der Waals surface area contributed by atoms with E-state index in [1.54, 1.807) is 35.6 Å². The van der Waals surface area contributed by atoms with Crippen LogP contribution >= 0.6 is 11.3 Å². The number of rotatable bonds is 9. The minimum absolute atomic E-state index is 0.00219. The van der Waals surface area contributed by atoms with Crippen molar-refractivity contribution in [3.63, 3.8) is 0 Å². The van der Waals surface area contributed by atoms with Crippen molar-refractivity contribution < 1.29 is 14.7 Å². The van der Waals surface area contributed by atoms with Crippen LogP contribution < -0.4 is 0 Å². The van der Waals surface area contributed by atoms with E-state index in [1.807, 2.05) is 35.4 Å². The summed E-state index contributed by atoms with van der Waals surface area (Å²) in [7, 11) is 0. The van der Waals surface area contributed by atoms with Gasteiger partial charge in [-0.05, 0) is 68.6 Å². The molecule has 6 heteroatoms. The van der Waals surface area contributed by atoms with Gasteiger partial charge in [0.1, 0.15) is 5.01 Å². The zero-order valence-electron chi connectivity index (χ0n) is 21.5. The number of benzene rings is 2. The molecule has 0 radical (unpaired) electrons. The molecule has 37 heavy (non-hydrogen) atoms. The molecular formula is C31H36N2O3S. The molecule has 2 aromatic carbocycles. The monoisotopic (exact) mass is 516 g/mol. The van der Waals surface area contributed by atoms with E-state index in [4.69, 9.17) is 0 Å². The lowest BCUT2D eigenvalue weighted by Crippen LogP contribution is -2.31. The Bertz CT molecular complexity index is 1220. The molecule has 0 unspecified atom stereocenters. The Balaban J connectivity index is 1.32. The highest BCUT2D eigenvalue weighted by Gasteiger charge is 2.34. The van der Waals surface area contributed by atoms with Gasteiger partial charge >= 0.3 is 0 Å². The molecule has 1 aliphatic carbocycles. The van der Waals surface area contributed by atoms with E-state index in [0.29, 0.717) is 24.1 Å². The zero-order valence-corrected chi connectivity index (χ0v) is 22.3. The second-order valence-corrected chi connectivity index (χ2v) is 11.6. The number of hydrogen-bond donors (Lipinski definition) is 1. The number of Topliss-reactive ketones (excluding diaryl/α,β-unsaturated/α-hetero) is 1. The summed E-state index contributed by atoms with van der Waals surface area (Å²) >= 11 is 1.61. The fourth-order valence-corrected chi connectivity index (χ4v) is 7.00. The first-order valence-corrected chi connectivity index (χ1v) is 14.5. The first-order chi connectivity index (χ1) is 18.0. The van der Waals surface area contributed by atoms with Crippen molar-refractivity contribution in [2.45, 2.75) is 70.4 Å². The van der Waals surface area contributed by atoms with Crippen molar-refractivity contribution in [3.05, 3.63) is 87.4 Å². The van der Waals surface area contributed by atoms with E-state index in [0.717, 1.165) is 54.8 Å². The maximum absolute atomic E-state index is 13.5. The Morgan fingerprint density at radius 2 is 1.78 bits per heavy atom. The lowest BCUT2D eigenvalue weighted by atomic mass is 9.81. The Hall–Kier alpha value is -2.83. The maximum Gasteiger partial charge on any atom is 0.254 e. The topological polar surface area (TPSA) is 70.5 Å². The van der Waals surface area contributed by atoms with Crippen LogP contribution in [-0.4, -0.2) is 39.3 Å². The standard InChI is InChI=1S/C31H36N2O3S/c1-21-20-37-30(32-21)27-15-8-16-33(27)31(36)25-14-7-13-24(18-25)28(34)19-26(17-22-9-3-2-4-10-22)29(35)23-11-5-6-12-23/h2-4,7,9-10,13-14,18,20,23,26-27,29,35H,5-6,8,11-12,15-17,19H2,1H3/t26-,27-,29-/m1/s1. The summed E-state index contributed by atoms with van der Waals surface area (Å²) in [6.07, 6.45) is 6.67. The van der Waals surface area contributed by atoms with Crippen LogP contribution in [0.25, 0.3) is 0 Å². The van der Waals surface area contributed by atoms with Gasteiger partial charge in [-0.1, -0.05) is 55.3 Å². The maximum atomic E-state index is 13.5. The quantitative estimate of drug-likeness (QED) is 0.334. The first-order valence-electron chi connectivity index (χ1n) is 13.6. The normalized spacial score (nSPS) is 19.7. The number of hydrogen-bond acceptors (Lipinski definition) is 5. The molecule has 3 atom stereocenters. The largest absolute Gasteiger partial charge is 0.393 e. The number of amides is 1. The molecule has 2 heterocycles. The van der Waals surface area contributed by atoms with Gasteiger partial charge in [0.05, 0.1) is 12.1 Å². The molecule has 2 aliphatic rings. The highest BCUT2D eigenvalue weighted by Crippen LogP contribution is 2.36. The molecule has 0 spiro atoms. The summed E-state index contributed by atoms with van der Waals surface area (Å²) in [6, 6.07) is 17.3. The van der Waals surface area contributed by atoms with E-state index in [-0.39, 0.29) is 36.0 Å². The summed E-state index contributed by atoms with van der Waals surface area (Å²) in [4.78, 5) is 33.5. The van der Waals surface area contributed by atoms with Crippen LogP contribution in [0.15, 0.2) is 60.0 Å². The second kappa shape index (κ2) is 11.7. The van der Waals surface area contributed by atoms with Gasteiger partial charge in [-0.2, -0.15) is 0 Å². The predicted molar refractivity (Wildman–Crippen MR) is 147 cm³/mol. The smallest absolute Gasteiger partial charge is 0.254 e. The lowest BCUT2D eigenvalue weighted by molar-refractivity contribution is 0.0456. The van der Waals surface area contributed by atoms with E-state index >= 15 is 0 Å². The van der Waals surface area contributed by atoms with Gasteiger partial charge < -0.3 is 10.0 Å². The molecule has 1 amide bonds. The van der Waals surface area contributed by atoms with Crippen LogP contribution in [0.4, 0.5) is 0 Å². The predicted octanol–water partition coefficient (Wildman–Crippen LogP) is 6.41. The molecule has 1 saturated heterocycles. The number of thiazole rings is 1. The van der Waals surface area contributed by atoms with Gasteiger partial charge in [-0.15, -0.1) is 11.3 Å². The molecule has 2 fully saturated rings. The molecule has 3 aromatic rings.